The molecule has 4 nitrogen and oxygen atoms in total. The first-order chi connectivity index (χ1) is 9.54. The fourth-order valence-electron chi connectivity index (χ4n) is 1.56. The second kappa shape index (κ2) is 6.50. The van der Waals surface area contributed by atoms with Crippen LogP contribution in [0.3, 0.4) is 0 Å². The van der Waals surface area contributed by atoms with Gasteiger partial charge in [-0.05, 0) is 35.9 Å². The van der Waals surface area contributed by atoms with Crippen LogP contribution in [0.2, 0.25) is 10.0 Å². The van der Waals surface area contributed by atoms with Gasteiger partial charge in [0.1, 0.15) is 0 Å². The molecule has 2 amide bonds. The average molecular weight is 310 g/mol. The van der Waals surface area contributed by atoms with Gasteiger partial charge in [-0.15, -0.1) is 0 Å². The van der Waals surface area contributed by atoms with Gasteiger partial charge in [0, 0.05) is 17.3 Å². The van der Waals surface area contributed by atoms with E-state index in [4.69, 9.17) is 28.9 Å². The summed E-state index contributed by atoms with van der Waals surface area (Å²) in [6.45, 7) is 0.408. The largest absolute Gasteiger partial charge is 0.398 e. The molecule has 20 heavy (non-hydrogen) atoms. The molecule has 0 aliphatic carbocycles. The van der Waals surface area contributed by atoms with E-state index in [2.05, 4.69) is 10.6 Å². The third-order valence-electron chi connectivity index (χ3n) is 2.62. The smallest absolute Gasteiger partial charge is 0.319 e. The van der Waals surface area contributed by atoms with Gasteiger partial charge >= 0.3 is 6.03 Å². The first-order valence-electron chi connectivity index (χ1n) is 5.89. The van der Waals surface area contributed by atoms with E-state index in [1.165, 1.54) is 0 Å². The summed E-state index contributed by atoms with van der Waals surface area (Å²) in [4.78, 5) is 11.7. The van der Waals surface area contributed by atoms with E-state index < -0.39 is 0 Å². The summed E-state index contributed by atoms with van der Waals surface area (Å²) in [7, 11) is 0. The fraction of sp³-hybridized carbons (Fsp3) is 0.0714. The third-order valence-corrected chi connectivity index (χ3v) is 3.20. The summed E-state index contributed by atoms with van der Waals surface area (Å²) in [5.41, 5.74) is 7.61. The minimum Gasteiger partial charge on any atom is -0.398 e. The molecule has 104 valence electrons. The molecule has 0 radical (unpaired) electrons. The number of carbonyl (C=O) groups is 1. The lowest BCUT2D eigenvalue weighted by molar-refractivity contribution is 0.251. The van der Waals surface area contributed by atoms with Crippen molar-refractivity contribution in [1.82, 2.24) is 5.32 Å². The number of amides is 2. The predicted molar refractivity (Wildman–Crippen MR) is 83.2 cm³/mol. The molecule has 0 aromatic heterocycles. The van der Waals surface area contributed by atoms with E-state index >= 15 is 0 Å². The van der Waals surface area contributed by atoms with Crippen molar-refractivity contribution < 1.29 is 4.79 Å². The van der Waals surface area contributed by atoms with E-state index in [9.17, 15) is 4.79 Å². The Balaban J connectivity index is 1.89. The van der Waals surface area contributed by atoms with E-state index in [-0.39, 0.29) is 6.03 Å². The molecule has 4 N–H and O–H groups in total. The predicted octanol–water partition coefficient (Wildman–Crippen LogP) is 3.90. The molecule has 0 saturated carbocycles. The van der Waals surface area contributed by atoms with Crippen LogP contribution in [0.5, 0.6) is 0 Å². The van der Waals surface area contributed by atoms with Gasteiger partial charge in [0.25, 0.3) is 0 Å². The molecular weight excluding hydrogens is 297 g/mol. The van der Waals surface area contributed by atoms with Crippen molar-refractivity contribution in [2.24, 2.45) is 0 Å². The van der Waals surface area contributed by atoms with Crippen LogP contribution in [0, 0.1) is 0 Å². The quantitative estimate of drug-likeness (QED) is 0.753. The maximum Gasteiger partial charge on any atom is 0.319 e. The highest BCUT2D eigenvalue weighted by atomic mass is 35.5. The lowest BCUT2D eigenvalue weighted by Crippen LogP contribution is -2.28. The van der Waals surface area contributed by atoms with Gasteiger partial charge < -0.3 is 16.4 Å². The number of rotatable bonds is 3. The van der Waals surface area contributed by atoms with Crippen LogP contribution in [0.1, 0.15) is 5.56 Å². The Morgan fingerprint density at radius 3 is 2.45 bits per heavy atom. The number of nitrogens with one attached hydrogen (secondary N) is 2. The van der Waals surface area contributed by atoms with Crippen molar-refractivity contribution >= 4 is 40.6 Å². The van der Waals surface area contributed by atoms with Crippen molar-refractivity contribution in [2.75, 3.05) is 11.1 Å². The molecule has 0 unspecified atom stereocenters. The van der Waals surface area contributed by atoms with Gasteiger partial charge in [-0.2, -0.15) is 0 Å². The summed E-state index contributed by atoms with van der Waals surface area (Å²) >= 11 is 11.7. The van der Waals surface area contributed by atoms with Crippen LogP contribution in [-0.4, -0.2) is 6.03 Å². The van der Waals surface area contributed by atoms with Crippen molar-refractivity contribution in [3.8, 4) is 0 Å². The minimum absolute atomic E-state index is 0.319. The highest BCUT2D eigenvalue weighted by Crippen LogP contribution is 2.22. The standard InChI is InChI=1S/C14H13Cl2N3O/c15-10-3-1-9(2-4-10)8-18-14(20)19-11-5-6-13(17)12(16)7-11/h1-7H,8,17H2,(H2,18,19,20). The summed E-state index contributed by atoms with van der Waals surface area (Å²) in [6.07, 6.45) is 0. The SMILES string of the molecule is Nc1ccc(NC(=O)NCc2ccc(Cl)cc2)cc1Cl. The van der Waals surface area contributed by atoms with Gasteiger partial charge in [-0.25, -0.2) is 4.79 Å². The number of hydrogen-bond acceptors (Lipinski definition) is 2. The number of hydrogen-bond donors (Lipinski definition) is 3. The van der Waals surface area contributed by atoms with Crippen LogP contribution in [0.25, 0.3) is 0 Å². The molecule has 0 atom stereocenters. The Kier molecular flexibility index (Phi) is 4.71. The summed E-state index contributed by atoms with van der Waals surface area (Å²) < 4.78 is 0. The molecule has 6 heteroatoms. The van der Waals surface area contributed by atoms with E-state index in [0.29, 0.717) is 28.0 Å². The maximum absolute atomic E-state index is 11.7. The molecule has 0 saturated heterocycles. The van der Waals surface area contributed by atoms with Gasteiger partial charge in [0.05, 0.1) is 10.7 Å². The van der Waals surface area contributed by atoms with Gasteiger partial charge in [0.2, 0.25) is 0 Å². The first kappa shape index (κ1) is 14.5. The zero-order valence-electron chi connectivity index (χ0n) is 10.5. The van der Waals surface area contributed by atoms with E-state index in [1.54, 1.807) is 30.3 Å². The molecule has 0 heterocycles. The number of halogens is 2. The van der Waals surface area contributed by atoms with Gasteiger partial charge in [0.15, 0.2) is 0 Å². The number of nitrogen functional groups attached to an aromatic ring is 1. The number of urea groups is 1. The Morgan fingerprint density at radius 2 is 1.80 bits per heavy atom. The number of benzene rings is 2. The molecule has 0 aliphatic rings. The van der Waals surface area contributed by atoms with Crippen molar-refractivity contribution in [3.05, 3.63) is 58.1 Å². The highest BCUT2D eigenvalue weighted by Gasteiger charge is 2.03. The molecule has 2 rings (SSSR count). The van der Waals surface area contributed by atoms with Crippen molar-refractivity contribution in [3.63, 3.8) is 0 Å². The minimum atomic E-state index is -0.319. The molecule has 0 fully saturated rings. The van der Waals surface area contributed by atoms with Crippen LogP contribution in [-0.2, 0) is 6.54 Å². The molecule has 2 aromatic carbocycles. The van der Waals surface area contributed by atoms with Gasteiger partial charge in [-0.1, -0.05) is 35.3 Å². The zero-order chi connectivity index (χ0) is 14.5. The molecule has 0 spiro atoms. The lowest BCUT2D eigenvalue weighted by Gasteiger charge is -2.08. The molecule has 0 bridgehead atoms. The molecule has 2 aromatic rings. The molecule has 0 aliphatic heterocycles. The van der Waals surface area contributed by atoms with E-state index in [0.717, 1.165) is 5.56 Å². The summed E-state index contributed by atoms with van der Waals surface area (Å²) in [6, 6.07) is 11.8. The third kappa shape index (κ3) is 4.05. The van der Waals surface area contributed by atoms with Gasteiger partial charge in [-0.3, -0.25) is 0 Å². The Labute approximate surface area is 126 Å². The number of nitrogens with two attached hydrogens (primary N) is 1. The first-order valence-corrected chi connectivity index (χ1v) is 6.64. The Morgan fingerprint density at radius 1 is 1.10 bits per heavy atom. The maximum atomic E-state index is 11.7. The van der Waals surface area contributed by atoms with Crippen LogP contribution in [0.15, 0.2) is 42.5 Å². The fourth-order valence-corrected chi connectivity index (χ4v) is 1.87. The van der Waals surface area contributed by atoms with Crippen molar-refractivity contribution in [1.29, 1.82) is 0 Å². The normalized spacial score (nSPS) is 10.1. The monoisotopic (exact) mass is 309 g/mol. The van der Waals surface area contributed by atoms with Crippen LogP contribution >= 0.6 is 23.2 Å². The van der Waals surface area contributed by atoms with Crippen LogP contribution in [0.4, 0.5) is 16.2 Å². The highest BCUT2D eigenvalue weighted by molar-refractivity contribution is 6.33. The summed E-state index contributed by atoms with van der Waals surface area (Å²) in [5, 5.41) is 6.47. The Hall–Kier alpha value is -1.91. The van der Waals surface area contributed by atoms with E-state index in [1.807, 2.05) is 12.1 Å². The lowest BCUT2D eigenvalue weighted by atomic mass is 10.2. The average Bonchev–Trinajstić information content (AvgIpc) is 2.42. The van der Waals surface area contributed by atoms with Crippen LogP contribution < -0.4 is 16.4 Å². The van der Waals surface area contributed by atoms with Crippen molar-refractivity contribution in [2.45, 2.75) is 6.54 Å². The number of anilines is 2. The topological polar surface area (TPSA) is 67.1 Å². The number of carbonyl (C=O) groups excluding carboxylic acids is 1. The molecular formula is C14H13Cl2N3O. The Bertz CT molecular complexity index is 614. The second-order valence-corrected chi connectivity index (χ2v) is 5.01. The second-order valence-electron chi connectivity index (χ2n) is 4.17. The zero-order valence-corrected chi connectivity index (χ0v) is 12.0. The summed E-state index contributed by atoms with van der Waals surface area (Å²) in [5.74, 6) is 0.